The molecule has 1 N–H and O–H groups in total. The Labute approximate surface area is 66.7 Å². The van der Waals surface area contributed by atoms with Crippen molar-refractivity contribution >= 4 is 5.91 Å². The highest BCUT2D eigenvalue weighted by Crippen LogP contribution is 1.87. The van der Waals surface area contributed by atoms with Gasteiger partial charge in [0, 0.05) is 6.54 Å². The van der Waals surface area contributed by atoms with Crippen molar-refractivity contribution in [3.05, 3.63) is 12.2 Å². The van der Waals surface area contributed by atoms with Gasteiger partial charge >= 0.3 is 0 Å². The molecule has 1 unspecified atom stereocenters. The summed E-state index contributed by atoms with van der Waals surface area (Å²) in [5.74, 6) is -0.265. The van der Waals surface area contributed by atoms with Crippen molar-refractivity contribution in [3.63, 3.8) is 0 Å². The maximum Gasteiger partial charge on any atom is 0.243 e. The monoisotopic (exact) mass is 152 g/mol. The molecule has 0 saturated carbocycles. The van der Waals surface area contributed by atoms with Gasteiger partial charge in [0.15, 0.2) is 0 Å². The molecule has 0 spiro atoms. The molecule has 3 heteroatoms. The SMILES string of the molecule is C/C=C/C(=O)NCC(C)C#N. The summed E-state index contributed by atoms with van der Waals surface area (Å²) in [4.78, 5) is 10.8. The van der Waals surface area contributed by atoms with Crippen LogP contribution in [0, 0.1) is 17.2 Å². The molecule has 0 saturated heterocycles. The number of amides is 1. The predicted molar refractivity (Wildman–Crippen MR) is 42.6 cm³/mol. The Kier molecular flexibility index (Phi) is 4.83. The fourth-order valence-corrected chi connectivity index (χ4v) is 0.510. The first-order valence-corrected chi connectivity index (χ1v) is 3.50. The van der Waals surface area contributed by atoms with Crippen LogP contribution >= 0.6 is 0 Å². The molecule has 0 heterocycles. The molecule has 0 aliphatic heterocycles. The molecular formula is C8H12N2O. The zero-order valence-electron chi connectivity index (χ0n) is 6.79. The average Bonchev–Trinajstić information content (AvgIpc) is 2.01. The number of nitriles is 1. The molecule has 0 radical (unpaired) electrons. The maximum atomic E-state index is 10.8. The lowest BCUT2D eigenvalue weighted by atomic mass is 10.2. The summed E-state index contributed by atoms with van der Waals surface area (Å²) in [7, 11) is 0. The third-order valence-electron chi connectivity index (χ3n) is 1.12. The maximum absolute atomic E-state index is 10.8. The third kappa shape index (κ3) is 5.16. The number of rotatable bonds is 3. The van der Waals surface area contributed by atoms with Crippen LogP contribution in [0.15, 0.2) is 12.2 Å². The van der Waals surface area contributed by atoms with Crippen LogP contribution in [-0.4, -0.2) is 12.5 Å². The highest BCUT2D eigenvalue weighted by Gasteiger charge is 1.99. The lowest BCUT2D eigenvalue weighted by Gasteiger charge is -2.01. The van der Waals surface area contributed by atoms with Crippen molar-refractivity contribution in [1.82, 2.24) is 5.32 Å². The van der Waals surface area contributed by atoms with Crippen LogP contribution < -0.4 is 5.32 Å². The van der Waals surface area contributed by atoms with Crippen molar-refractivity contribution in [2.24, 2.45) is 5.92 Å². The molecular weight excluding hydrogens is 140 g/mol. The van der Waals surface area contributed by atoms with E-state index in [1.807, 2.05) is 6.07 Å². The first-order valence-electron chi connectivity index (χ1n) is 3.50. The molecule has 0 aromatic rings. The Morgan fingerprint density at radius 2 is 2.45 bits per heavy atom. The van der Waals surface area contributed by atoms with Crippen LogP contribution in [0.3, 0.4) is 0 Å². The number of nitrogens with one attached hydrogen (secondary N) is 1. The van der Waals surface area contributed by atoms with Gasteiger partial charge < -0.3 is 5.32 Å². The first-order chi connectivity index (χ1) is 5.20. The molecule has 0 aliphatic rings. The topological polar surface area (TPSA) is 52.9 Å². The van der Waals surface area contributed by atoms with Gasteiger partial charge in [0.05, 0.1) is 12.0 Å². The summed E-state index contributed by atoms with van der Waals surface area (Å²) in [6, 6.07) is 2.02. The lowest BCUT2D eigenvalue weighted by Crippen LogP contribution is -2.25. The molecule has 0 aliphatic carbocycles. The van der Waals surface area contributed by atoms with Crippen LogP contribution in [0.25, 0.3) is 0 Å². The van der Waals surface area contributed by atoms with Gasteiger partial charge in [0.25, 0.3) is 0 Å². The molecule has 3 nitrogen and oxygen atoms in total. The van der Waals surface area contributed by atoms with Crippen LogP contribution in [0.4, 0.5) is 0 Å². The minimum absolute atomic E-state index is 0.121. The second-order valence-electron chi connectivity index (χ2n) is 2.28. The van der Waals surface area contributed by atoms with E-state index in [1.165, 1.54) is 6.08 Å². The number of carbonyl (C=O) groups excluding carboxylic acids is 1. The summed E-state index contributed by atoms with van der Waals surface area (Å²) in [5.41, 5.74) is 0. The van der Waals surface area contributed by atoms with E-state index >= 15 is 0 Å². The number of hydrogen-bond donors (Lipinski definition) is 1. The fourth-order valence-electron chi connectivity index (χ4n) is 0.510. The van der Waals surface area contributed by atoms with E-state index in [4.69, 9.17) is 5.26 Å². The zero-order valence-corrected chi connectivity index (χ0v) is 6.79. The third-order valence-corrected chi connectivity index (χ3v) is 1.12. The van der Waals surface area contributed by atoms with Gasteiger partial charge in [-0.2, -0.15) is 5.26 Å². The molecule has 1 amide bonds. The molecule has 0 rings (SSSR count). The number of allylic oxidation sites excluding steroid dienone is 1. The van der Waals surface area contributed by atoms with E-state index in [9.17, 15) is 4.79 Å². The van der Waals surface area contributed by atoms with E-state index < -0.39 is 0 Å². The summed E-state index contributed by atoms with van der Waals surface area (Å²) in [6.45, 7) is 3.95. The normalized spacial score (nSPS) is 12.5. The lowest BCUT2D eigenvalue weighted by molar-refractivity contribution is -0.116. The Hall–Kier alpha value is -1.30. The van der Waals surface area contributed by atoms with E-state index in [0.29, 0.717) is 6.54 Å². The highest BCUT2D eigenvalue weighted by molar-refractivity contribution is 5.87. The van der Waals surface area contributed by atoms with Crippen LogP contribution in [-0.2, 0) is 4.79 Å². The Morgan fingerprint density at radius 3 is 2.91 bits per heavy atom. The minimum Gasteiger partial charge on any atom is -0.351 e. The van der Waals surface area contributed by atoms with Gasteiger partial charge in [0.1, 0.15) is 0 Å². The quantitative estimate of drug-likeness (QED) is 0.609. The Morgan fingerprint density at radius 1 is 1.82 bits per heavy atom. The van der Waals surface area contributed by atoms with Crippen molar-refractivity contribution in [2.45, 2.75) is 13.8 Å². The molecule has 0 aromatic heterocycles. The van der Waals surface area contributed by atoms with Crippen molar-refractivity contribution < 1.29 is 4.79 Å². The van der Waals surface area contributed by atoms with Crippen LogP contribution in [0.5, 0.6) is 0 Å². The second kappa shape index (κ2) is 5.48. The highest BCUT2D eigenvalue weighted by atomic mass is 16.1. The number of carbonyl (C=O) groups is 1. The largest absolute Gasteiger partial charge is 0.351 e. The van der Waals surface area contributed by atoms with Gasteiger partial charge in [-0.1, -0.05) is 6.08 Å². The zero-order chi connectivity index (χ0) is 8.69. The second-order valence-corrected chi connectivity index (χ2v) is 2.28. The summed E-state index contributed by atoms with van der Waals surface area (Å²) >= 11 is 0. The molecule has 0 aromatic carbocycles. The minimum atomic E-state index is -0.144. The van der Waals surface area contributed by atoms with Gasteiger partial charge in [-0.15, -0.1) is 0 Å². The molecule has 11 heavy (non-hydrogen) atoms. The molecule has 1 atom stereocenters. The van der Waals surface area contributed by atoms with Crippen LogP contribution in [0.1, 0.15) is 13.8 Å². The van der Waals surface area contributed by atoms with E-state index in [0.717, 1.165) is 0 Å². The van der Waals surface area contributed by atoms with Crippen molar-refractivity contribution in [2.75, 3.05) is 6.54 Å². The molecule has 0 fully saturated rings. The molecule has 0 bridgehead atoms. The van der Waals surface area contributed by atoms with Gasteiger partial charge in [-0.25, -0.2) is 0 Å². The smallest absolute Gasteiger partial charge is 0.243 e. The predicted octanol–water partition coefficient (Wildman–Crippen LogP) is 0.838. The summed E-state index contributed by atoms with van der Waals surface area (Å²) in [5, 5.41) is 10.9. The van der Waals surface area contributed by atoms with Crippen molar-refractivity contribution in [3.8, 4) is 6.07 Å². The van der Waals surface area contributed by atoms with Gasteiger partial charge in [-0.05, 0) is 19.9 Å². The van der Waals surface area contributed by atoms with Crippen molar-refractivity contribution in [1.29, 1.82) is 5.26 Å². The summed E-state index contributed by atoms with van der Waals surface area (Å²) in [6.07, 6.45) is 3.09. The Bertz CT molecular complexity index is 191. The summed E-state index contributed by atoms with van der Waals surface area (Å²) < 4.78 is 0. The van der Waals surface area contributed by atoms with Gasteiger partial charge in [-0.3, -0.25) is 4.79 Å². The fraction of sp³-hybridized carbons (Fsp3) is 0.500. The van der Waals surface area contributed by atoms with E-state index in [2.05, 4.69) is 5.32 Å². The van der Waals surface area contributed by atoms with E-state index in [1.54, 1.807) is 19.9 Å². The average molecular weight is 152 g/mol. The number of hydrogen-bond acceptors (Lipinski definition) is 2. The van der Waals surface area contributed by atoms with Crippen LogP contribution in [0.2, 0.25) is 0 Å². The molecule has 60 valence electrons. The van der Waals surface area contributed by atoms with E-state index in [-0.39, 0.29) is 11.8 Å². The first kappa shape index (κ1) is 9.70. The van der Waals surface area contributed by atoms with Gasteiger partial charge in [0.2, 0.25) is 5.91 Å². The number of nitrogens with zero attached hydrogens (tertiary/aromatic N) is 1. The Balaban J connectivity index is 3.56. The standard InChI is InChI=1S/C8H12N2O/c1-3-4-8(11)10-6-7(2)5-9/h3-4,7H,6H2,1-2H3,(H,10,11)/b4-3+.